The summed E-state index contributed by atoms with van der Waals surface area (Å²) in [6, 6.07) is 7.29. The number of hydrogen-bond acceptors (Lipinski definition) is 4. The van der Waals surface area contributed by atoms with E-state index in [1.54, 1.807) is 12.3 Å². The number of hydrogen-bond donors (Lipinski definition) is 2. The molecule has 0 saturated carbocycles. The van der Waals surface area contributed by atoms with Crippen LogP contribution in [0.3, 0.4) is 0 Å². The number of aryl methyl sites for hydroxylation is 1. The molecule has 1 aromatic carbocycles. The number of nitrogen functional groups attached to an aromatic ring is 1. The maximum atomic E-state index is 12.0. The van der Waals surface area contributed by atoms with Gasteiger partial charge in [0.1, 0.15) is 18.1 Å². The van der Waals surface area contributed by atoms with Crippen molar-refractivity contribution in [2.75, 3.05) is 17.7 Å². The van der Waals surface area contributed by atoms with Crippen molar-refractivity contribution < 1.29 is 9.53 Å². The topological polar surface area (TPSA) is 82.2 Å². The molecule has 0 fully saturated rings. The fraction of sp³-hybridized carbons (Fsp3) is 0.286. The molecule has 0 spiro atoms. The van der Waals surface area contributed by atoms with Gasteiger partial charge in [0.25, 0.3) is 0 Å². The summed E-state index contributed by atoms with van der Waals surface area (Å²) < 4.78 is 7.00. The number of nitrogens with two attached hydrogens (primary N) is 1. The summed E-state index contributed by atoms with van der Waals surface area (Å²) in [7, 11) is 0. The van der Waals surface area contributed by atoms with Gasteiger partial charge in [0.15, 0.2) is 0 Å². The summed E-state index contributed by atoms with van der Waals surface area (Å²) >= 11 is 0. The minimum absolute atomic E-state index is 0.108. The third kappa shape index (κ3) is 3.50. The molecule has 6 nitrogen and oxygen atoms in total. The summed E-state index contributed by atoms with van der Waals surface area (Å²) in [5.41, 5.74) is 7.23. The second kappa shape index (κ2) is 6.10. The monoisotopic (exact) mass is 274 g/mol. The zero-order chi connectivity index (χ0) is 14.5. The maximum absolute atomic E-state index is 12.0. The van der Waals surface area contributed by atoms with Gasteiger partial charge in [0.2, 0.25) is 5.91 Å². The lowest BCUT2D eigenvalue weighted by Crippen LogP contribution is -2.19. The van der Waals surface area contributed by atoms with Crippen LogP contribution in [0.1, 0.15) is 12.5 Å². The van der Waals surface area contributed by atoms with E-state index < -0.39 is 0 Å². The first-order valence-electron chi connectivity index (χ1n) is 6.40. The third-order valence-electron chi connectivity index (χ3n) is 2.68. The van der Waals surface area contributed by atoms with Crippen LogP contribution in [0.15, 0.2) is 30.5 Å². The first kappa shape index (κ1) is 13.9. The normalized spacial score (nSPS) is 10.3. The number of carbonyl (C=O) groups excluding carboxylic acids is 1. The van der Waals surface area contributed by atoms with E-state index in [0.717, 1.165) is 5.56 Å². The molecule has 3 N–H and O–H groups in total. The van der Waals surface area contributed by atoms with Crippen LogP contribution < -0.4 is 15.8 Å². The predicted molar refractivity (Wildman–Crippen MR) is 77.6 cm³/mol. The van der Waals surface area contributed by atoms with Gasteiger partial charge in [-0.25, -0.2) is 0 Å². The van der Waals surface area contributed by atoms with E-state index in [-0.39, 0.29) is 12.5 Å². The quantitative estimate of drug-likeness (QED) is 0.871. The van der Waals surface area contributed by atoms with Gasteiger partial charge in [-0.05, 0) is 37.6 Å². The van der Waals surface area contributed by atoms with Crippen molar-refractivity contribution in [1.29, 1.82) is 0 Å². The molecule has 0 bridgehead atoms. The molecule has 2 rings (SSSR count). The molecule has 0 radical (unpaired) electrons. The Morgan fingerprint density at radius 1 is 1.45 bits per heavy atom. The summed E-state index contributed by atoms with van der Waals surface area (Å²) in [6.07, 6.45) is 1.66. The molecule has 2 aromatic rings. The lowest BCUT2D eigenvalue weighted by Gasteiger charge is -2.12. The molecule has 0 atom stereocenters. The van der Waals surface area contributed by atoms with Crippen molar-refractivity contribution in [3.63, 3.8) is 0 Å². The molecule has 6 heteroatoms. The van der Waals surface area contributed by atoms with E-state index in [4.69, 9.17) is 10.5 Å². The van der Waals surface area contributed by atoms with E-state index >= 15 is 0 Å². The zero-order valence-electron chi connectivity index (χ0n) is 11.6. The summed E-state index contributed by atoms with van der Waals surface area (Å²) in [4.78, 5) is 12.0. The smallest absolute Gasteiger partial charge is 0.246 e. The van der Waals surface area contributed by atoms with E-state index in [1.165, 1.54) is 4.68 Å². The Balaban J connectivity index is 2.07. The molecule has 0 saturated heterocycles. The molecule has 0 aliphatic heterocycles. The number of nitrogens with zero attached hydrogens (tertiary/aromatic N) is 2. The van der Waals surface area contributed by atoms with Crippen molar-refractivity contribution in [3.8, 4) is 5.75 Å². The van der Waals surface area contributed by atoms with E-state index in [0.29, 0.717) is 23.9 Å². The van der Waals surface area contributed by atoms with Gasteiger partial charge < -0.3 is 15.8 Å². The fourth-order valence-electron chi connectivity index (χ4n) is 1.81. The Kier molecular flexibility index (Phi) is 4.24. The zero-order valence-corrected chi connectivity index (χ0v) is 11.6. The van der Waals surface area contributed by atoms with Gasteiger partial charge in [-0.1, -0.05) is 6.07 Å². The summed E-state index contributed by atoms with van der Waals surface area (Å²) in [5.74, 6) is 0.877. The Labute approximate surface area is 117 Å². The summed E-state index contributed by atoms with van der Waals surface area (Å²) in [6.45, 7) is 4.53. The van der Waals surface area contributed by atoms with Crippen molar-refractivity contribution in [3.05, 3.63) is 36.0 Å². The lowest BCUT2D eigenvalue weighted by molar-refractivity contribution is -0.116. The predicted octanol–water partition coefficient (Wildman–Crippen LogP) is 1.81. The van der Waals surface area contributed by atoms with Crippen molar-refractivity contribution in [2.45, 2.75) is 20.4 Å². The minimum Gasteiger partial charge on any atom is -0.492 e. The number of rotatable bonds is 5. The SMILES string of the molecule is CCOc1cc(C)ccc1NC(=O)Cn1ccc(N)n1. The highest BCUT2D eigenvalue weighted by Crippen LogP contribution is 2.25. The van der Waals surface area contributed by atoms with Gasteiger partial charge in [-0.3, -0.25) is 9.48 Å². The molecule has 20 heavy (non-hydrogen) atoms. The van der Waals surface area contributed by atoms with Gasteiger partial charge in [0.05, 0.1) is 12.3 Å². The Hall–Kier alpha value is -2.50. The molecular weight excluding hydrogens is 256 g/mol. The molecule has 0 aliphatic rings. The molecule has 1 aromatic heterocycles. The van der Waals surface area contributed by atoms with Crippen LogP contribution in [0.2, 0.25) is 0 Å². The van der Waals surface area contributed by atoms with Crippen LogP contribution in [0.25, 0.3) is 0 Å². The van der Waals surface area contributed by atoms with Crippen molar-refractivity contribution in [2.24, 2.45) is 0 Å². The highest BCUT2D eigenvalue weighted by Gasteiger charge is 2.09. The first-order chi connectivity index (χ1) is 9.58. The molecule has 0 aliphatic carbocycles. The van der Waals surface area contributed by atoms with Crippen LogP contribution in [0.4, 0.5) is 11.5 Å². The Morgan fingerprint density at radius 2 is 2.25 bits per heavy atom. The first-order valence-corrected chi connectivity index (χ1v) is 6.40. The van der Waals surface area contributed by atoms with E-state index in [1.807, 2.05) is 32.0 Å². The van der Waals surface area contributed by atoms with Gasteiger partial charge in [-0.15, -0.1) is 0 Å². The number of aromatic nitrogens is 2. The van der Waals surface area contributed by atoms with Gasteiger partial charge in [-0.2, -0.15) is 5.10 Å². The number of nitrogens with one attached hydrogen (secondary N) is 1. The van der Waals surface area contributed by atoms with Gasteiger partial charge >= 0.3 is 0 Å². The van der Waals surface area contributed by atoms with Crippen LogP contribution in [0, 0.1) is 6.92 Å². The number of ether oxygens (including phenoxy) is 1. The lowest BCUT2D eigenvalue weighted by atomic mass is 10.2. The van der Waals surface area contributed by atoms with E-state index in [2.05, 4.69) is 10.4 Å². The molecule has 0 unspecified atom stereocenters. The third-order valence-corrected chi connectivity index (χ3v) is 2.68. The second-order valence-corrected chi connectivity index (χ2v) is 4.42. The Morgan fingerprint density at radius 3 is 2.90 bits per heavy atom. The standard InChI is InChI=1S/C14H18N4O2/c1-3-20-12-8-10(2)4-5-11(12)16-14(19)9-18-7-6-13(15)17-18/h4-8H,3,9H2,1-2H3,(H2,15,17)(H,16,19). The van der Waals surface area contributed by atoms with Gasteiger partial charge in [0, 0.05) is 6.20 Å². The molecule has 1 amide bonds. The fourth-order valence-corrected chi connectivity index (χ4v) is 1.81. The number of amides is 1. The maximum Gasteiger partial charge on any atom is 0.246 e. The number of anilines is 2. The molecular formula is C14H18N4O2. The van der Waals surface area contributed by atoms with Crippen LogP contribution >= 0.6 is 0 Å². The highest BCUT2D eigenvalue weighted by atomic mass is 16.5. The highest BCUT2D eigenvalue weighted by molar-refractivity contribution is 5.92. The minimum atomic E-state index is -0.182. The van der Waals surface area contributed by atoms with Crippen molar-refractivity contribution in [1.82, 2.24) is 9.78 Å². The van der Waals surface area contributed by atoms with Crippen molar-refractivity contribution >= 4 is 17.4 Å². The van der Waals surface area contributed by atoms with Crippen LogP contribution in [-0.2, 0) is 11.3 Å². The summed E-state index contributed by atoms with van der Waals surface area (Å²) in [5, 5.41) is 6.78. The molecule has 106 valence electrons. The largest absolute Gasteiger partial charge is 0.492 e. The van der Waals surface area contributed by atoms with Crippen LogP contribution in [0.5, 0.6) is 5.75 Å². The average molecular weight is 274 g/mol. The van der Waals surface area contributed by atoms with E-state index in [9.17, 15) is 4.79 Å². The number of carbonyl (C=O) groups is 1. The Bertz CT molecular complexity index is 607. The average Bonchev–Trinajstić information content (AvgIpc) is 2.78. The van der Waals surface area contributed by atoms with Crippen LogP contribution in [-0.4, -0.2) is 22.3 Å². The molecule has 1 heterocycles. The second-order valence-electron chi connectivity index (χ2n) is 4.42. The number of benzene rings is 1.